The number of hydrogen-bond acceptors (Lipinski definition) is 6. The predicted octanol–water partition coefficient (Wildman–Crippen LogP) is 2.99. The number of nitrogens with one attached hydrogen (secondary N) is 1. The third-order valence-corrected chi connectivity index (χ3v) is 5.62. The van der Waals surface area contributed by atoms with Crippen molar-refractivity contribution in [3.63, 3.8) is 0 Å². The van der Waals surface area contributed by atoms with Crippen molar-refractivity contribution in [2.24, 2.45) is 7.05 Å². The van der Waals surface area contributed by atoms with Crippen LogP contribution in [0.25, 0.3) is 11.3 Å². The third kappa shape index (κ3) is 4.30. The molecule has 3 aromatic rings. The van der Waals surface area contributed by atoms with E-state index in [0.29, 0.717) is 11.7 Å². The van der Waals surface area contributed by atoms with Crippen molar-refractivity contribution >= 4 is 17.3 Å². The first-order chi connectivity index (χ1) is 14.5. The summed E-state index contributed by atoms with van der Waals surface area (Å²) < 4.78 is 1.64. The third-order valence-electron chi connectivity index (χ3n) is 5.62. The topological polar surface area (TPSA) is 66.3 Å². The molecule has 0 atom stereocenters. The molecule has 0 spiro atoms. The minimum absolute atomic E-state index is 0.0481. The molecule has 156 valence electrons. The number of pyridine rings is 1. The standard InChI is InChI=1S/C23H28N6O/c1-27(2)20-6-4-18(5-7-20)25-19-10-14-29(15-11-19)23-26-21(16-22(30)28(23)3)17-8-12-24-13-9-17/h4-9,12-13,16,19,25H,10-11,14-15H2,1-3H3. The number of nitrogens with zero attached hydrogens (tertiary/aromatic N) is 5. The molecule has 1 fully saturated rings. The Hall–Kier alpha value is -3.35. The normalized spacial score (nSPS) is 14.6. The zero-order valence-electron chi connectivity index (χ0n) is 17.7. The first-order valence-electron chi connectivity index (χ1n) is 10.3. The van der Waals surface area contributed by atoms with Crippen LogP contribution >= 0.6 is 0 Å². The summed E-state index contributed by atoms with van der Waals surface area (Å²) in [4.78, 5) is 25.7. The summed E-state index contributed by atoms with van der Waals surface area (Å²) in [6, 6.07) is 14.3. The van der Waals surface area contributed by atoms with Crippen molar-refractivity contribution in [3.8, 4) is 11.3 Å². The van der Waals surface area contributed by atoms with Crippen LogP contribution in [0.3, 0.4) is 0 Å². The minimum Gasteiger partial charge on any atom is -0.382 e. The van der Waals surface area contributed by atoms with Crippen molar-refractivity contribution in [3.05, 3.63) is 65.2 Å². The van der Waals surface area contributed by atoms with Crippen LogP contribution in [0.1, 0.15) is 12.8 Å². The molecule has 0 bridgehead atoms. The molecular weight excluding hydrogens is 376 g/mol. The van der Waals surface area contributed by atoms with Gasteiger partial charge in [0.1, 0.15) is 0 Å². The van der Waals surface area contributed by atoms with Crippen LogP contribution in [0, 0.1) is 0 Å². The van der Waals surface area contributed by atoms with Crippen molar-refractivity contribution in [2.45, 2.75) is 18.9 Å². The van der Waals surface area contributed by atoms with E-state index < -0.39 is 0 Å². The molecule has 0 unspecified atom stereocenters. The summed E-state index contributed by atoms with van der Waals surface area (Å²) in [5.74, 6) is 0.725. The van der Waals surface area contributed by atoms with Crippen molar-refractivity contribution in [1.82, 2.24) is 14.5 Å². The molecular formula is C23H28N6O. The van der Waals surface area contributed by atoms with Gasteiger partial charge in [0.15, 0.2) is 0 Å². The first-order valence-corrected chi connectivity index (χ1v) is 10.3. The summed E-state index contributed by atoms with van der Waals surface area (Å²) in [6.07, 6.45) is 5.42. The lowest BCUT2D eigenvalue weighted by molar-refractivity contribution is 0.513. The van der Waals surface area contributed by atoms with Gasteiger partial charge in [-0.1, -0.05) is 0 Å². The van der Waals surface area contributed by atoms with Crippen LogP contribution in [-0.4, -0.2) is 47.8 Å². The Labute approximate surface area is 177 Å². The Bertz CT molecular complexity index is 1040. The van der Waals surface area contributed by atoms with Crippen LogP contribution in [0.15, 0.2) is 59.7 Å². The fourth-order valence-corrected chi connectivity index (χ4v) is 3.80. The molecule has 1 aromatic carbocycles. The van der Waals surface area contributed by atoms with Crippen molar-refractivity contribution in [1.29, 1.82) is 0 Å². The lowest BCUT2D eigenvalue weighted by atomic mass is 10.0. The van der Waals surface area contributed by atoms with E-state index >= 15 is 0 Å². The molecule has 1 aliphatic heterocycles. The first kappa shape index (κ1) is 19.9. The van der Waals surface area contributed by atoms with Gasteiger partial charge in [-0.25, -0.2) is 4.98 Å². The van der Waals surface area contributed by atoms with Gasteiger partial charge in [0.2, 0.25) is 5.95 Å². The van der Waals surface area contributed by atoms with Crippen LogP contribution < -0.4 is 20.7 Å². The molecule has 1 aliphatic rings. The largest absolute Gasteiger partial charge is 0.382 e. The molecule has 2 aromatic heterocycles. The quantitative estimate of drug-likeness (QED) is 0.705. The van der Waals surface area contributed by atoms with Gasteiger partial charge in [0.25, 0.3) is 5.56 Å². The van der Waals surface area contributed by atoms with E-state index in [0.717, 1.165) is 43.1 Å². The van der Waals surface area contributed by atoms with Gasteiger partial charge in [-0.15, -0.1) is 0 Å². The second-order valence-electron chi connectivity index (χ2n) is 7.92. The Kier molecular flexibility index (Phi) is 5.70. The molecule has 0 radical (unpaired) electrons. The second kappa shape index (κ2) is 8.57. The number of rotatable bonds is 5. The summed E-state index contributed by atoms with van der Waals surface area (Å²) >= 11 is 0. The minimum atomic E-state index is -0.0481. The van der Waals surface area contributed by atoms with E-state index in [-0.39, 0.29) is 5.56 Å². The van der Waals surface area contributed by atoms with E-state index in [1.54, 1.807) is 30.1 Å². The zero-order valence-corrected chi connectivity index (χ0v) is 17.7. The van der Waals surface area contributed by atoms with Crippen molar-refractivity contribution in [2.75, 3.05) is 42.3 Å². The SMILES string of the molecule is CN(C)c1ccc(NC2CCN(c3nc(-c4ccncc4)cc(=O)n3C)CC2)cc1. The van der Waals surface area contributed by atoms with E-state index in [2.05, 4.69) is 44.4 Å². The number of piperidine rings is 1. The van der Waals surface area contributed by atoms with Gasteiger partial charge in [0.05, 0.1) is 5.69 Å². The van der Waals surface area contributed by atoms with E-state index in [4.69, 9.17) is 4.98 Å². The molecule has 7 heteroatoms. The van der Waals surface area contributed by atoms with Crippen LogP contribution in [-0.2, 0) is 7.05 Å². The maximum absolute atomic E-state index is 12.5. The highest BCUT2D eigenvalue weighted by molar-refractivity contribution is 5.59. The van der Waals surface area contributed by atoms with Gasteiger partial charge in [-0.3, -0.25) is 14.3 Å². The summed E-state index contributed by atoms with van der Waals surface area (Å²) in [6.45, 7) is 1.71. The highest BCUT2D eigenvalue weighted by Crippen LogP contribution is 2.23. The van der Waals surface area contributed by atoms with Crippen LogP contribution in [0.4, 0.5) is 17.3 Å². The number of aromatic nitrogens is 3. The lowest BCUT2D eigenvalue weighted by Crippen LogP contribution is -2.42. The average molecular weight is 405 g/mol. The summed E-state index contributed by atoms with van der Waals surface area (Å²) in [5, 5.41) is 3.64. The Morgan fingerprint density at radius 2 is 1.70 bits per heavy atom. The maximum Gasteiger partial charge on any atom is 0.255 e. The van der Waals surface area contributed by atoms with Gasteiger partial charge in [0, 0.05) is 75.7 Å². The van der Waals surface area contributed by atoms with Gasteiger partial charge in [-0.05, 0) is 49.2 Å². The highest BCUT2D eigenvalue weighted by Gasteiger charge is 2.22. The summed E-state index contributed by atoms with van der Waals surface area (Å²) in [7, 11) is 5.88. The predicted molar refractivity (Wildman–Crippen MR) is 122 cm³/mol. The number of hydrogen-bond donors (Lipinski definition) is 1. The Morgan fingerprint density at radius 3 is 2.33 bits per heavy atom. The van der Waals surface area contributed by atoms with Gasteiger partial charge >= 0.3 is 0 Å². The zero-order chi connectivity index (χ0) is 21.1. The smallest absolute Gasteiger partial charge is 0.255 e. The molecule has 0 saturated carbocycles. The second-order valence-corrected chi connectivity index (χ2v) is 7.92. The molecule has 0 amide bonds. The summed E-state index contributed by atoms with van der Waals surface area (Å²) in [5.41, 5.74) is 3.88. The maximum atomic E-state index is 12.5. The van der Waals surface area contributed by atoms with Crippen molar-refractivity contribution < 1.29 is 0 Å². The van der Waals surface area contributed by atoms with Crippen LogP contribution in [0.2, 0.25) is 0 Å². The van der Waals surface area contributed by atoms with Crippen LogP contribution in [0.5, 0.6) is 0 Å². The molecule has 4 rings (SSSR count). The number of benzene rings is 1. The average Bonchev–Trinajstić information content (AvgIpc) is 2.77. The molecule has 1 N–H and O–H groups in total. The molecule has 1 saturated heterocycles. The van der Waals surface area contributed by atoms with E-state index in [1.807, 2.05) is 26.2 Å². The fourth-order valence-electron chi connectivity index (χ4n) is 3.80. The Balaban J connectivity index is 1.45. The fraction of sp³-hybridized carbons (Fsp3) is 0.348. The Morgan fingerprint density at radius 1 is 1.03 bits per heavy atom. The molecule has 0 aliphatic carbocycles. The van der Waals surface area contributed by atoms with Gasteiger partial charge < -0.3 is 15.1 Å². The van der Waals surface area contributed by atoms with Gasteiger partial charge in [-0.2, -0.15) is 0 Å². The highest BCUT2D eigenvalue weighted by atomic mass is 16.1. The number of anilines is 3. The molecule has 7 nitrogen and oxygen atoms in total. The molecule has 3 heterocycles. The van der Waals surface area contributed by atoms with E-state index in [1.165, 1.54) is 5.69 Å². The lowest BCUT2D eigenvalue weighted by Gasteiger charge is -2.34. The van der Waals surface area contributed by atoms with E-state index in [9.17, 15) is 4.79 Å². The monoisotopic (exact) mass is 404 g/mol. The molecule has 30 heavy (non-hydrogen) atoms.